The van der Waals surface area contributed by atoms with Crippen LogP contribution < -0.4 is 4.74 Å². The molecule has 0 radical (unpaired) electrons. The zero-order chi connectivity index (χ0) is 22.7. The number of likely N-dealkylation sites (tertiary alicyclic amines) is 1. The Morgan fingerprint density at radius 1 is 1.19 bits per heavy atom. The summed E-state index contributed by atoms with van der Waals surface area (Å²) < 4.78 is 5.07. The van der Waals surface area contributed by atoms with E-state index in [0.29, 0.717) is 29.3 Å². The van der Waals surface area contributed by atoms with E-state index < -0.39 is 23.5 Å². The number of aliphatic hydroxyl groups excluding tert-OH is 1. The number of halogens is 1. The van der Waals surface area contributed by atoms with Crippen LogP contribution in [-0.4, -0.2) is 66.0 Å². The van der Waals surface area contributed by atoms with Crippen molar-refractivity contribution in [3.63, 3.8) is 0 Å². The highest BCUT2D eigenvalue weighted by Crippen LogP contribution is 2.41. The summed E-state index contributed by atoms with van der Waals surface area (Å²) in [5, 5.41) is 21.8. The maximum atomic E-state index is 13.0. The summed E-state index contributed by atoms with van der Waals surface area (Å²) in [6, 6.07) is 10.3. The molecule has 1 heterocycles. The number of amides is 1. The summed E-state index contributed by atoms with van der Waals surface area (Å²) in [5.41, 5.74) is 0.558. The predicted molar refractivity (Wildman–Crippen MR) is 118 cm³/mol. The Labute approximate surface area is 186 Å². The van der Waals surface area contributed by atoms with E-state index in [-0.39, 0.29) is 16.9 Å². The maximum Gasteiger partial charge on any atom is 0.295 e. The number of rotatable bonds is 7. The van der Waals surface area contributed by atoms with Gasteiger partial charge >= 0.3 is 0 Å². The van der Waals surface area contributed by atoms with Gasteiger partial charge in [0.15, 0.2) is 0 Å². The quantitative estimate of drug-likeness (QED) is 0.386. The number of ketones is 1. The molecule has 2 aromatic carbocycles. The van der Waals surface area contributed by atoms with Crippen LogP contribution in [0.5, 0.6) is 11.5 Å². The van der Waals surface area contributed by atoms with Gasteiger partial charge in [0.05, 0.1) is 24.3 Å². The number of aliphatic hydroxyl groups is 1. The van der Waals surface area contributed by atoms with Crippen molar-refractivity contribution in [1.29, 1.82) is 0 Å². The number of aromatic hydroxyl groups is 1. The minimum Gasteiger partial charge on any atom is -0.507 e. The highest BCUT2D eigenvalue weighted by Gasteiger charge is 2.46. The molecule has 1 fully saturated rings. The Morgan fingerprint density at radius 3 is 2.55 bits per heavy atom. The smallest absolute Gasteiger partial charge is 0.295 e. The number of ether oxygens (including phenoxy) is 1. The SMILES string of the molecule is COc1ccc(/C(O)=C2\C(=O)C(=O)N(CCCN(C)C)C2c2cccc(Cl)c2)c(O)c1. The number of hydrogen-bond donors (Lipinski definition) is 2. The monoisotopic (exact) mass is 444 g/mol. The van der Waals surface area contributed by atoms with E-state index >= 15 is 0 Å². The molecule has 3 rings (SSSR count). The standard InChI is InChI=1S/C23H25ClN2O5/c1-25(2)10-5-11-26-20(14-6-4-7-15(24)12-14)19(22(29)23(26)30)21(28)17-9-8-16(31-3)13-18(17)27/h4,6-9,12-13,20,27-28H,5,10-11H2,1-3H3/b21-19+. The van der Waals surface area contributed by atoms with Gasteiger partial charge < -0.3 is 24.7 Å². The molecule has 1 aliphatic rings. The van der Waals surface area contributed by atoms with Gasteiger partial charge in [0.25, 0.3) is 11.7 Å². The summed E-state index contributed by atoms with van der Waals surface area (Å²) in [6.07, 6.45) is 0.644. The van der Waals surface area contributed by atoms with Gasteiger partial charge in [0, 0.05) is 17.6 Å². The average molecular weight is 445 g/mol. The predicted octanol–water partition coefficient (Wildman–Crippen LogP) is 3.43. The van der Waals surface area contributed by atoms with Crippen LogP contribution in [0, 0.1) is 0 Å². The number of benzene rings is 2. The number of carbonyl (C=O) groups is 2. The molecule has 0 bridgehead atoms. The first-order valence-corrected chi connectivity index (χ1v) is 10.2. The second-order valence-corrected chi connectivity index (χ2v) is 8.02. The number of phenols is 1. The Balaban J connectivity index is 2.12. The number of Topliss-reactive ketones (excluding diaryl/α,β-unsaturated/α-hetero) is 1. The van der Waals surface area contributed by atoms with E-state index in [1.807, 2.05) is 19.0 Å². The Bertz CT molecular complexity index is 1030. The van der Waals surface area contributed by atoms with Crippen molar-refractivity contribution >= 4 is 29.1 Å². The molecule has 0 aliphatic carbocycles. The third-order valence-electron chi connectivity index (χ3n) is 5.17. The van der Waals surface area contributed by atoms with E-state index in [0.717, 1.165) is 6.54 Å². The van der Waals surface area contributed by atoms with Crippen LogP contribution in [-0.2, 0) is 9.59 Å². The maximum absolute atomic E-state index is 13.0. The van der Waals surface area contributed by atoms with Gasteiger partial charge in [-0.1, -0.05) is 23.7 Å². The molecular weight excluding hydrogens is 420 g/mol. The Morgan fingerprint density at radius 2 is 1.94 bits per heavy atom. The van der Waals surface area contributed by atoms with Gasteiger partial charge in [0.2, 0.25) is 0 Å². The molecule has 1 aliphatic heterocycles. The average Bonchev–Trinajstić information content (AvgIpc) is 2.98. The van der Waals surface area contributed by atoms with Crippen molar-refractivity contribution < 1.29 is 24.5 Å². The van der Waals surface area contributed by atoms with Gasteiger partial charge in [0.1, 0.15) is 17.3 Å². The topological polar surface area (TPSA) is 90.3 Å². The zero-order valence-corrected chi connectivity index (χ0v) is 18.4. The first kappa shape index (κ1) is 22.7. The van der Waals surface area contributed by atoms with Gasteiger partial charge in [-0.25, -0.2) is 0 Å². The number of methoxy groups -OCH3 is 1. The molecule has 31 heavy (non-hydrogen) atoms. The molecule has 8 heteroatoms. The molecule has 1 unspecified atom stereocenters. The lowest BCUT2D eigenvalue weighted by molar-refractivity contribution is -0.139. The molecule has 1 amide bonds. The van der Waals surface area contributed by atoms with E-state index in [1.54, 1.807) is 30.3 Å². The molecular formula is C23H25ClN2O5. The minimum atomic E-state index is -0.817. The number of hydrogen-bond acceptors (Lipinski definition) is 6. The van der Waals surface area contributed by atoms with Gasteiger partial charge in [-0.2, -0.15) is 0 Å². The highest BCUT2D eigenvalue weighted by molar-refractivity contribution is 6.46. The number of carbonyl (C=O) groups excluding carboxylic acids is 2. The normalized spacial score (nSPS) is 18.1. The van der Waals surface area contributed by atoms with Crippen LogP contribution in [0.25, 0.3) is 5.76 Å². The van der Waals surface area contributed by atoms with Crippen LogP contribution in [0.4, 0.5) is 0 Å². The van der Waals surface area contributed by atoms with Gasteiger partial charge in [-0.15, -0.1) is 0 Å². The van der Waals surface area contributed by atoms with Gasteiger partial charge in [-0.05, 0) is 56.9 Å². The van der Waals surface area contributed by atoms with Crippen molar-refractivity contribution in [2.45, 2.75) is 12.5 Å². The summed E-state index contributed by atoms with van der Waals surface area (Å²) >= 11 is 6.17. The fraction of sp³-hybridized carbons (Fsp3) is 0.304. The second-order valence-electron chi connectivity index (χ2n) is 7.59. The van der Waals surface area contributed by atoms with E-state index in [4.69, 9.17) is 16.3 Å². The van der Waals surface area contributed by atoms with Crippen LogP contribution in [0.3, 0.4) is 0 Å². The fourth-order valence-corrected chi connectivity index (χ4v) is 3.87. The van der Waals surface area contributed by atoms with E-state index in [9.17, 15) is 19.8 Å². The molecule has 0 aromatic heterocycles. The second kappa shape index (κ2) is 9.41. The lowest BCUT2D eigenvalue weighted by atomic mass is 9.95. The van der Waals surface area contributed by atoms with Crippen molar-refractivity contribution in [3.05, 3.63) is 64.2 Å². The lowest BCUT2D eigenvalue weighted by Crippen LogP contribution is -2.32. The van der Waals surface area contributed by atoms with Crippen LogP contribution in [0.2, 0.25) is 5.02 Å². The van der Waals surface area contributed by atoms with Crippen LogP contribution in [0.1, 0.15) is 23.6 Å². The Hall–Kier alpha value is -3.03. The van der Waals surface area contributed by atoms with Crippen molar-refractivity contribution in [1.82, 2.24) is 9.80 Å². The third kappa shape index (κ3) is 4.68. The molecule has 1 atom stereocenters. The zero-order valence-electron chi connectivity index (χ0n) is 17.6. The van der Waals surface area contributed by atoms with Crippen molar-refractivity contribution in [3.8, 4) is 11.5 Å². The molecule has 1 saturated heterocycles. The highest BCUT2D eigenvalue weighted by atomic mass is 35.5. The molecule has 0 saturated carbocycles. The summed E-state index contributed by atoms with van der Waals surface area (Å²) in [4.78, 5) is 29.3. The Kier molecular flexibility index (Phi) is 6.87. The molecule has 7 nitrogen and oxygen atoms in total. The summed E-state index contributed by atoms with van der Waals surface area (Å²) in [6.45, 7) is 1.05. The summed E-state index contributed by atoms with van der Waals surface area (Å²) in [7, 11) is 5.30. The fourth-order valence-electron chi connectivity index (χ4n) is 3.67. The van der Waals surface area contributed by atoms with Crippen LogP contribution in [0.15, 0.2) is 48.0 Å². The molecule has 0 spiro atoms. The number of nitrogens with zero attached hydrogens (tertiary/aromatic N) is 2. The van der Waals surface area contributed by atoms with Crippen LogP contribution >= 0.6 is 11.6 Å². The number of phenolic OH excluding ortho intramolecular Hbond substituents is 1. The first-order valence-electron chi connectivity index (χ1n) is 9.80. The van der Waals surface area contributed by atoms with E-state index in [1.165, 1.54) is 24.1 Å². The van der Waals surface area contributed by atoms with Crippen molar-refractivity contribution in [2.24, 2.45) is 0 Å². The largest absolute Gasteiger partial charge is 0.507 e. The molecule has 2 N–H and O–H groups in total. The van der Waals surface area contributed by atoms with Gasteiger partial charge in [-0.3, -0.25) is 9.59 Å². The minimum absolute atomic E-state index is 0.0409. The molecule has 164 valence electrons. The van der Waals surface area contributed by atoms with Crippen molar-refractivity contribution in [2.75, 3.05) is 34.3 Å². The third-order valence-corrected chi connectivity index (χ3v) is 5.40. The molecule has 2 aromatic rings. The summed E-state index contributed by atoms with van der Waals surface area (Å²) in [5.74, 6) is -1.82. The lowest BCUT2D eigenvalue weighted by Gasteiger charge is -2.26. The van der Waals surface area contributed by atoms with E-state index in [2.05, 4.69) is 0 Å². The first-order chi connectivity index (χ1) is 14.7.